The Bertz CT molecular complexity index is 883. The molecular formula is C21H21N3OS. The van der Waals surface area contributed by atoms with Crippen molar-refractivity contribution in [1.29, 1.82) is 0 Å². The van der Waals surface area contributed by atoms with Crippen LogP contribution < -0.4 is 5.32 Å². The Kier molecular flexibility index (Phi) is 6.02. The summed E-state index contributed by atoms with van der Waals surface area (Å²) in [6.45, 7) is 3.99. The highest BCUT2D eigenvalue weighted by atomic mass is 32.2. The largest absolute Gasteiger partial charge is 0.325 e. The molecule has 1 aromatic heterocycles. The molecule has 1 heterocycles. The van der Waals surface area contributed by atoms with Crippen molar-refractivity contribution < 1.29 is 4.79 Å². The minimum atomic E-state index is -0.215. The maximum atomic E-state index is 12.7. The summed E-state index contributed by atoms with van der Waals surface area (Å²) in [4.78, 5) is 21.4. The van der Waals surface area contributed by atoms with Gasteiger partial charge in [0.15, 0.2) is 0 Å². The molecular weight excluding hydrogens is 342 g/mol. The number of rotatable bonds is 6. The summed E-state index contributed by atoms with van der Waals surface area (Å²) in [5.41, 5.74) is 3.80. The van der Waals surface area contributed by atoms with Crippen LogP contribution in [0.25, 0.3) is 11.3 Å². The van der Waals surface area contributed by atoms with Crippen molar-refractivity contribution in [2.45, 2.75) is 30.5 Å². The molecule has 1 unspecified atom stereocenters. The zero-order valence-electron chi connectivity index (χ0n) is 14.8. The number of nitrogens with zero attached hydrogens (tertiary/aromatic N) is 2. The van der Waals surface area contributed by atoms with Crippen molar-refractivity contribution in [2.24, 2.45) is 0 Å². The Morgan fingerprint density at radius 2 is 1.81 bits per heavy atom. The van der Waals surface area contributed by atoms with E-state index in [0.29, 0.717) is 6.42 Å². The Labute approximate surface area is 158 Å². The number of aromatic nitrogens is 2. The summed E-state index contributed by atoms with van der Waals surface area (Å²) >= 11 is 1.47. The van der Waals surface area contributed by atoms with Crippen molar-refractivity contribution in [2.75, 3.05) is 5.32 Å². The van der Waals surface area contributed by atoms with Crippen LogP contribution in [-0.2, 0) is 4.79 Å². The first kappa shape index (κ1) is 18.1. The zero-order chi connectivity index (χ0) is 18.4. The van der Waals surface area contributed by atoms with Gasteiger partial charge < -0.3 is 5.32 Å². The fourth-order valence-corrected chi connectivity index (χ4v) is 3.48. The molecule has 132 valence electrons. The van der Waals surface area contributed by atoms with E-state index in [1.807, 2.05) is 74.5 Å². The van der Waals surface area contributed by atoms with Gasteiger partial charge in [-0.15, -0.1) is 0 Å². The first-order valence-electron chi connectivity index (χ1n) is 8.58. The fraction of sp³-hybridized carbons (Fsp3) is 0.190. The monoisotopic (exact) mass is 363 g/mol. The van der Waals surface area contributed by atoms with E-state index in [4.69, 9.17) is 0 Å². The van der Waals surface area contributed by atoms with E-state index >= 15 is 0 Å². The summed E-state index contributed by atoms with van der Waals surface area (Å²) in [5.74, 6) is -0.00771. The number of hydrogen-bond acceptors (Lipinski definition) is 4. The zero-order valence-corrected chi connectivity index (χ0v) is 15.7. The van der Waals surface area contributed by atoms with Gasteiger partial charge in [-0.3, -0.25) is 4.79 Å². The molecule has 0 spiro atoms. The minimum Gasteiger partial charge on any atom is -0.325 e. The molecule has 0 aliphatic carbocycles. The van der Waals surface area contributed by atoms with Crippen LogP contribution in [0.15, 0.2) is 72.0 Å². The fourth-order valence-electron chi connectivity index (χ4n) is 2.57. The molecule has 2 aromatic carbocycles. The van der Waals surface area contributed by atoms with E-state index in [0.717, 1.165) is 27.5 Å². The van der Waals surface area contributed by atoms with Crippen LogP contribution >= 0.6 is 11.8 Å². The van der Waals surface area contributed by atoms with E-state index in [2.05, 4.69) is 15.3 Å². The van der Waals surface area contributed by atoms with Crippen LogP contribution in [0, 0.1) is 6.92 Å². The van der Waals surface area contributed by atoms with Crippen LogP contribution in [0.5, 0.6) is 0 Å². The standard InChI is InChI=1S/C21H21N3OS/c1-3-19(21(25)24-17-12-8-7-9-15(17)2)26-20-13-18(22-14-23-20)16-10-5-4-6-11-16/h4-14,19H,3H2,1-2H3,(H,24,25). The SMILES string of the molecule is CCC(Sc1cc(-c2ccccc2)ncn1)C(=O)Nc1ccccc1C. The molecule has 26 heavy (non-hydrogen) atoms. The van der Waals surface area contributed by atoms with Crippen molar-refractivity contribution in [1.82, 2.24) is 9.97 Å². The molecule has 3 aromatic rings. The maximum Gasteiger partial charge on any atom is 0.237 e. The Balaban J connectivity index is 1.74. The van der Waals surface area contributed by atoms with Gasteiger partial charge in [-0.1, -0.05) is 67.2 Å². The smallest absolute Gasteiger partial charge is 0.237 e. The van der Waals surface area contributed by atoms with E-state index in [1.165, 1.54) is 11.8 Å². The molecule has 0 saturated carbocycles. The molecule has 1 N–H and O–H groups in total. The van der Waals surface area contributed by atoms with E-state index < -0.39 is 0 Å². The molecule has 0 saturated heterocycles. The number of carbonyl (C=O) groups is 1. The summed E-state index contributed by atoms with van der Waals surface area (Å²) in [5, 5.41) is 3.61. The van der Waals surface area contributed by atoms with Crippen LogP contribution in [-0.4, -0.2) is 21.1 Å². The summed E-state index contributed by atoms with van der Waals surface area (Å²) in [6.07, 6.45) is 2.27. The molecule has 5 heteroatoms. The number of hydrogen-bond donors (Lipinski definition) is 1. The number of thioether (sulfide) groups is 1. The number of carbonyl (C=O) groups excluding carboxylic acids is 1. The lowest BCUT2D eigenvalue weighted by Gasteiger charge is -2.15. The normalized spacial score (nSPS) is 11.8. The molecule has 4 nitrogen and oxygen atoms in total. The van der Waals surface area contributed by atoms with E-state index in [1.54, 1.807) is 6.33 Å². The molecule has 0 aliphatic heterocycles. The van der Waals surface area contributed by atoms with Gasteiger partial charge in [0.05, 0.1) is 10.9 Å². The summed E-state index contributed by atoms with van der Waals surface area (Å²) < 4.78 is 0. The average molecular weight is 363 g/mol. The van der Waals surface area contributed by atoms with Crippen LogP contribution in [0.1, 0.15) is 18.9 Å². The van der Waals surface area contributed by atoms with E-state index in [-0.39, 0.29) is 11.2 Å². The first-order valence-corrected chi connectivity index (χ1v) is 9.46. The minimum absolute atomic E-state index is 0.00771. The second kappa shape index (κ2) is 8.63. The van der Waals surface area contributed by atoms with Crippen molar-refractivity contribution in [3.05, 3.63) is 72.6 Å². The van der Waals surface area contributed by atoms with Gasteiger partial charge in [0, 0.05) is 11.3 Å². The average Bonchev–Trinajstić information content (AvgIpc) is 2.68. The van der Waals surface area contributed by atoms with Gasteiger partial charge in [-0.2, -0.15) is 0 Å². The Morgan fingerprint density at radius 1 is 1.08 bits per heavy atom. The predicted octanol–water partition coefficient (Wildman–Crippen LogP) is 4.96. The van der Waals surface area contributed by atoms with Gasteiger partial charge in [0.2, 0.25) is 5.91 Å². The highest BCUT2D eigenvalue weighted by molar-refractivity contribution is 8.00. The Hall–Kier alpha value is -2.66. The van der Waals surface area contributed by atoms with E-state index in [9.17, 15) is 4.79 Å². The van der Waals surface area contributed by atoms with Crippen LogP contribution in [0.3, 0.4) is 0 Å². The molecule has 0 fully saturated rings. The Morgan fingerprint density at radius 3 is 2.54 bits per heavy atom. The molecule has 1 amide bonds. The first-order chi connectivity index (χ1) is 12.7. The number of para-hydroxylation sites is 1. The summed E-state index contributed by atoms with van der Waals surface area (Å²) in [7, 11) is 0. The molecule has 1 atom stereocenters. The molecule has 3 rings (SSSR count). The molecule has 0 bridgehead atoms. The van der Waals surface area contributed by atoms with Gasteiger partial charge in [0.1, 0.15) is 11.4 Å². The van der Waals surface area contributed by atoms with Crippen molar-refractivity contribution >= 4 is 23.4 Å². The highest BCUT2D eigenvalue weighted by Gasteiger charge is 2.19. The lowest BCUT2D eigenvalue weighted by Crippen LogP contribution is -2.25. The number of benzene rings is 2. The van der Waals surface area contributed by atoms with Gasteiger partial charge in [-0.25, -0.2) is 9.97 Å². The number of nitrogens with one attached hydrogen (secondary N) is 1. The third kappa shape index (κ3) is 4.49. The van der Waals surface area contributed by atoms with Crippen molar-refractivity contribution in [3.63, 3.8) is 0 Å². The lowest BCUT2D eigenvalue weighted by molar-refractivity contribution is -0.115. The van der Waals surface area contributed by atoms with Crippen molar-refractivity contribution in [3.8, 4) is 11.3 Å². The maximum absolute atomic E-state index is 12.7. The van der Waals surface area contributed by atoms with Gasteiger partial charge >= 0.3 is 0 Å². The molecule has 0 radical (unpaired) electrons. The lowest BCUT2D eigenvalue weighted by atomic mass is 10.1. The van der Waals surface area contributed by atoms with Gasteiger partial charge in [0.25, 0.3) is 0 Å². The number of anilines is 1. The number of aryl methyl sites for hydroxylation is 1. The van der Waals surface area contributed by atoms with Gasteiger partial charge in [-0.05, 0) is 31.0 Å². The van der Waals surface area contributed by atoms with Crippen LogP contribution in [0.2, 0.25) is 0 Å². The second-order valence-corrected chi connectivity index (χ2v) is 7.15. The van der Waals surface area contributed by atoms with Crippen LogP contribution in [0.4, 0.5) is 5.69 Å². The third-order valence-electron chi connectivity index (χ3n) is 4.04. The summed E-state index contributed by atoms with van der Waals surface area (Å²) in [6, 6.07) is 19.7. The predicted molar refractivity (Wildman–Crippen MR) is 107 cm³/mol. The third-order valence-corrected chi connectivity index (χ3v) is 5.34. The second-order valence-electron chi connectivity index (χ2n) is 5.93. The topological polar surface area (TPSA) is 54.9 Å². The number of amides is 1. The quantitative estimate of drug-likeness (QED) is 0.497. The molecule has 0 aliphatic rings. The highest BCUT2D eigenvalue weighted by Crippen LogP contribution is 2.28.